The summed E-state index contributed by atoms with van der Waals surface area (Å²) in [5.41, 5.74) is 14.2. The number of hydrogen-bond acceptors (Lipinski definition) is 5. The zero-order chi connectivity index (χ0) is 13.8. The van der Waals surface area contributed by atoms with Crippen LogP contribution in [0.5, 0.6) is 0 Å². The molecule has 2 rings (SSSR count). The molecular weight excluding hydrogens is 238 g/mol. The second kappa shape index (κ2) is 6.32. The largest absolute Gasteiger partial charge is 0.398 e. The smallest absolute Gasteiger partial charge is 0.0378 e. The molecule has 1 aromatic rings. The van der Waals surface area contributed by atoms with Crippen LogP contribution in [0.15, 0.2) is 18.5 Å². The van der Waals surface area contributed by atoms with Crippen molar-refractivity contribution < 1.29 is 0 Å². The first-order chi connectivity index (χ1) is 9.08. The lowest BCUT2D eigenvalue weighted by Gasteiger charge is -2.32. The second-order valence-corrected chi connectivity index (χ2v) is 5.61. The number of hydrogen-bond donors (Lipinski definition) is 2. The summed E-state index contributed by atoms with van der Waals surface area (Å²) in [5.74, 6) is 0. The highest BCUT2D eigenvalue weighted by molar-refractivity contribution is 5.44. The van der Waals surface area contributed by atoms with Gasteiger partial charge >= 0.3 is 0 Å². The third-order valence-electron chi connectivity index (χ3n) is 4.01. The lowest BCUT2D eigenvalue weighted by atomic mass is 9.99. The maximum Gasteiger partial charge on any atom is 0.0378 e. The minimum atomic E-state index is 0.0806. The molecule has 0 saturated carbocycles. The number of likely N-dealkylation sites (N-methyl/N-ethyl adjacent to an activating group) is 2. The van der Waals surface area contributed by atoms with Crippen molar-refractivity contribution in [1.82, 2.24) is 14.8 Å². The predicted octanol–water partition coefficient (Wildman–Crippen LogP) is 0.170. The molecule has 2 heterocycles. The van der Waals surface area contributed by atoms with Crippen LogP contribution in [-0.4, -0.2) is 60.6 Å². The monoisotopic (exact) mass is 263 g/mol. The van der Waals surface area contributed by atoms with Crippen LogP contribution in [0.4, 0.5) is 5.69 Å². The van der Waals surface area contributed by atoms with E-state index < -0.39 is 0 Å². The number of anilines is 1. The molecule has 2 unspecified atom stereocenters. The summed E-state index contributed by atoms with van der Waals surface area (Å²) in [4.78, 5) is 8.87. The molecule has 5 nitrogen and oxygen atoms in total. The van der Waals surface area contributed by atoms with Crippen molar-refractivity contribution in [2.75, 3.05) is 39.5 Å². The van der Waals surface area contributed by atoms with Crippen LogP contribution in [0.2, 0.25) is 0 Å². The Morgan fingerprint density at radius 3 is 2.95 bits per heavy atom. The van der Waals surface area contributed by atoms with Crippen LogP contribution in [0.3, 0.4) is 0 Å². The Morgan fingerprint density at radius 2 is 2.21 bits per heavy atom. The van der Waals surface area contributed by atoms with Crippen molar-refractivity contribution in [3.05, 3.63) is 24.0 Å². The molecule has 5 heteroatoms. The van der Waals surface area contributed by atoms with Crippen molar-refractivity contribution in [2.24, 2.45) is 5.73 Å². The average Bonchev–Trinajstić information content (AvgIpc) is 2.54. The normalized spacial score (nSPS) is 24.1. The highest BCUT2D eigenvalue weighted by Crippen LogP contribution is 2.16. The van der Waals surface area contributed by atoms with Gasteiger partial charge in [-0.1, -0.05) is 0 Å². The highest BCUT2D eigenvalue weighted by atomic mass is 15.2. The van der Waals surface area contributed by atoms with Gasteiger partial charge in [-0.15, -0.1) is 0 Å². The molecule has 4 N–H and O–H groups in total. The molecule has 0 amide bonds. The standard InChI is InChI=1S/C14H25N5/c1-18-6-3-7-19(2)14(10-18)13(16)8-11-9-17-5-4-12(11)15/h4-5,9,13-14H,3,6-8,10,16H2,1-2H3,(H2,15,17). The molecule has 1 aliphatic heterocycles. The Labute approximate surface area is 115 Å². The maximum absolute atomic E-state index is 6.42. The number of rotatable bonds is 3. The van der Waals surface area contributed by atoms with E-state index in [1.165, 1.54) is 6.42 Å². The van der Waals surface area contributed by atoms with Crippen molar-refractivity contribution in [1.29, 1.82) is 0 Å². The molecular formula is C14H25N5. The molecule has 1 aromatic heterocycles. The SMILES string of the molecule is CN1CCCN(C)C(C(N)Cc2cnccc2N)C1. The van der Waals surface area contributed by atoms with Gasteiger partial charge < -0.3 is 21.3 Å². The van der Waals surface area contributed by atoms with E-state index in [2.05, 4.69) is 28.9 Å². The third-order valence-corrected chi connectivity index (χ3v) is 4.01. The summed E-state index contributed by atoms with van der Waals surface area (Å²) >= 11 is 0. The van der Waals surface area contributed by atoms with Gasteiger partial charge in [-0.2, -0.15) is 0 Å². The highest BCUT2D eigenvalue weighted by Gasteiger charge is 2.26. The van der Waals surface area contributed by atoms with Gasteiger partial charge in [0.2, 0.25) is 0 Å². The minimum Gasteiger partial charge on any atom is -0.398 e. The average molecular weight is 263 g/mol. The minimum absolute atomic E-state index is 0.0806. The first-order valence-corrected chi connectivity index (χ1v) is 6.90. The van der Waals surface area contributed by atoms with E-state index in [9.17, 15) is 0 Å². The van der Waals surface area contributed by atoms with Gasteiger partial charge in [-0.25, -0.2) is 0 Å². The molecule has 0 aliphatic carbocycles. The van der Waals surface area contributed by atoms with E-state index in [1.807, 2.05) is 12.3 Å². The predicted molar refractivity (Wildman–Crippen MR) is 78.9 cm³/mol. The molecule has 106 valence electrons. The topological polar surface area (TPSA) is 71.4 Å². The van der Waals surface area contributed by atoms with Crippen LogP contribution in [0.25, 0.3) is 0 Å². The van der Waals surface area contributed by atoms with E-state index in [0.717, 1.165) is 37.3 Å². The van der Waals surface area contributed by atoms with E-state index in [4.69, 9.17) is 11.5 Å². The van der Waals surface area contributed by atoms with Gasteiger partial charge in [0.25, 0.3) is 0 Å². The number of pyridine rings is 1. The van der Waals surface area contributed by atoms with Crippen molar-refractivity contribution in [3.8, 4) is 0 Å². The van der Waals surface area contributed by atoms with Gasteiger partial charge in [-0.05, 0) is 51.7 Å². The Hall–Kier alpha value is -1.17. The van der Waals surface area contributed by atoms with E-state index >= 15 is 0 Å². The fourth-order valence-electron chi connectivity index (χ4n) is 2.77. The number of aromatic nitrogens is 1. The van der Waals surface area contributed by atoms with Crippen LogP contribution in [0, 0.1) is 0 Å². The Bertz CT molecular complexity index is 409. The molecule has 1 saturated heterocycles. The second-order valence-electron chi connectivity index (χ2n) is 5.61. The zero-order valence-corrected chi connectivity index (χ0v) is 11.9. The van der Waals surface area contributed by atoms with Crippen molar-refractivity contribution in [2.45, 2.75) is 24.9 Å². The number of nitrogens with zero attached hydrogens (tertiary/aromatic N) is 3. The van der Waals surface area contributed by atoms with E-state index in [1.54, 1.807) is 6.20 Å². The summed E-state index contributed by atoms with van der Waals surface area (Å²) in [6, 6.07) is 2.29. The first kappa shape index (κ1) is 14.2. The fourth-order valence-corrected chi connectivity index (χ4v) is 2.77. The summed E-state index contributed by atoms with van der Waals surface area (Å²) < 4.78 is 0. The molecule has 1 fully saturated rings. The molecule has 2 atom stereocenters. The van der Waals surface area contributed by atoms with Crippen LogP contribution in [-0.2, 0) is 6.42 Å². The molecule has 0 aromatic carbocycles. The van der Waals surface area contributed by atoms with Gasteiger partial charge in [0.05, 0.1) is 0 Å². The molecule has 19 heavy (non-hydrogen) atoms. The number of nitrogen functional groups attached to an aromatic ring is 1. The van der Waals surface area contributed by atoms with E-state index in [-0.39, 0.29) is 6.04 Å². The molecule has 0 spiro atoms. The third kappa shape index (κ3) is 3.65. The van der Waals surface area contributed by atoms with Crippen LogP contribution in [0.1, 0.15) is 12.0 Å². The Morgan fingerprint density at radius 1 is 1.42 bits per heavy atom. The quantitative estimate of drug-likeness (QED) is 0.813. The Kier molecular flexibility index (Phi) is 4.74. The molecule has 1 aliphatic rings. The first-order valence-electron chi connectivity index (χ1n) is 6.90. The van der Waals surface area contributed by atoms with E-state index in [0.29, 0.717) is 6.04 Å². The maximum atomic E-state index is 6.42. The van der Waals surface area contributed by atoms with Crippen molar-refractivity contribution in [3.63, 3.8) is 0 Å². The number of nitrogens with two attached hydrogens (primary N) is 2. The van der Waals surface area contributed by atoms with Gasteiger partial charge in [0, 0.05) is 36.7 Å². The van der Waals surface area contributed by atoms with Gasteiger partial charge in [0.15, 0.2) is 0 Å². The Balaban J connectivity index is 2.05. The van der Waals surface area contributed by atoms with Crippen LogP contribution >= 0.6 is 0 Å². The summed E-state index contributed by atoms with van der Waals surface area (Å²) in [6.45, 7) is 3.26. The van der Waals surface area contributed by atoms with Crippen LogP contribution < -0.4 is 11.5 Å². The summed E-state index contributed by atoms with van der Waals surface area (Å²) in [6.07, 6.45) is 5.53. The zero-order valence-electron chi connectivity index (χ0n) is 11.9. The lowest BCUT2D eigenvalue weighted by molar-refractivity contribution is 0.195. The van der Waals surface area contributed by atoms with Gasteiger partial charge in [0.1, 0.15) is 0 Å². The fraction of sp³-hybridized carbons (Fsp3) is 0.643. The van der Waals surface area contributed by atoms with Gasteiger partial charge in [-0.3, -0.25) is 4.98 Å². The lowest BCUT2D eigenvalue weighted by Crippen LogP contribution is -2.51. The molecule has 0 radical (unpaired) electrons. The molecule has 0 bridgehead atoms. The summed E-state index contributed by atoms with van der Waals surface area (Å²) in [7, 11) is 4.33. The van der Waals surface area contributed by atoms with Crippen molar-refractivity contribution >= 4 is 5.69 Å². The summed E-state index contributed by atoms with van der Waals surface area (Å²) in [5, 5.41) is 0.